The first-order chi connectivity index (χ1) is 15.2. The number of aromatic nitrogens is 4. The minimum Gasteiger partial charge on any atom is -0.348 e. The molecular weight excluding hydrogens is 432 g/mol. The number of carbonyl (C=O) groups is 1. The summed E-state index contributed by atoms with van der Waals surface area (Å²) >= 11 is 7.30. The molecule has 0 fully saturated rings. The molecule has 31 heavy (non-hydrogen) atoms. The van der Waals surface area contributed by atoms with Crippen LogP contribution in [0.25, 0.3) is 21.8 Å². The predicted octanol–water partition coefficient (Wildman–Crippen LogP) is 4.96. The third-order valence-electron chi connectivity index (χ3n) is 4.77. The fraction of sp³-hybridized carbons (Fsp3) is 0.0455. The average molecular weight is 447 g/mol. The van der Waals surface area contributed by atoms with Gasteiger partial charge in [-0.05, 0) is 53.4 Å². The van der Waals surface area contributed by atoms with E-state index in [4.69, 9.17) is 11.6 Å². The van der Waals surface area contributed by atoms with Crippen molar-refractivity contribution in [3.05, 3.63) is 83.1 Å². The molecular formula is C22H15ClN6OS. The van der Waals surface area contributed by atoms with Crippen molar-refractivity contribution in [1.29, 1.82) is 0 Å². The van der Waals surface area contributed by atoms with Gasteiger partial charge < -0.3 is 10.6 Å². The Hall–Kier alpha value is -3.62. The standard InChI is InChI=1S/C22H15ClN6OS/c23-16-4-2-14-7-8-24-21(17(14)10-16)27-20-6-3-15(12-25-20)22(30)26-11-13-1-5-18-19(9-13)29-31-28-18/h1-10,12H,11H2,(H,26,30)(H,24,25,27). The van der Waals surface area contributed by atoms with E-state index in [1.165, 1.54) is 17.9 Å². The summed E-state index contributed by atoms with van der Waals surface area (Å²) in [6.07, 6.45) is 3.25. The van der Waals surface area contributed by atoms with Gasteiger partial charge in [0.05, 0.1) is 17.3 Å². The first-order valence-corrected chi connectivity index (χ1v) is 10.5. The normalized spacial score (nSPS) is 11.0. The van der Waals surface area contributed by atoms with Crippen molar-refractivity contribution in [2.24, 2.45) is 0 Å². The number of rotatable bonds is 5. The highest BCUT2D eigenvalue weighted by molar-refractivity contribution is 7.00. The number of nitrogens with one attached hydrogen (secondary N) is 2. The highest BCUT2D eigenvalue weighted by atomic mass is 35.5. The lowest BCUT2D eigenvalue weighted by Gasteiger charge is -2.09. The predicted molar refractivity (Wildman–Crippen MR) is 123 cm³/mol. The Morgan fingerprint density at radius 2 is 1.87 bits per heavy atom. The van der Waals surface area contributed by atoms with Crippen molar-refractivity contribution in [1.82, 2.24) is 24.0 Å². The molecule has 5 rings (SSSR count). The number of carbonyl (C=O) groups excluding carboxylic acids is 1. The molecule has 0 atom stereocenters. The van der Waals surface area contributed by atoms with Crippen LogP contribution in [0.2, 0.25) is 5.02 Å². The molecule has 0 radical (unpaired) electrons. The van der Waals surface area contributed by atoms with Crippen molar-refractivity contribution >= 4 is 62.7 Å². The Balaban J connectivity index is 1.27. The number of fused-ring (bicyclic) bond motifs is 2. The number of nitrogens with zero attached hydrogens (tertiary/aromatic N) is 4. The SMILES string of the molecule is O=C(NCc1ccc2nsnc2c1)c1ccc(Nc2nccc3ccc(Cl)cc23)nc1. The number of halogens is 1. The van der Waals surface area contributed by atoms with Crippen LogP contribution in [0.3, 0.4) is 0 Å². The zero-order chi connectivity index (χ0) is 21.2. The molecule has 3 heterocycles. The number of benzene rings is 2. The molecule has 0 saturated carbocycles. The third kappa shape index (κ3) is 4.16. The summed E-state index contributed by atoms with van der Waals surface area (Å²) in [6.45, 7) is 0.396. The second-order valence-electron chi connectivity index (χ2n) is 6.85. The molecule has 0 aliphatic heterocycles. The summed E-state index contributed by atoms with van der Waals surface area (Å²) in [5.41, 5.74) is 3.11. The van der Waals surface area contributed by atoms with E-state index in [1.807, 2.05) is 42.5 Å². The van der Waals surface area contributed by atoms with Crippen LogP contribution in [-0.4, -0.2) is 24.6 Å². The molecule has 7 nitrogen and oxygen atoms in total. The van der Waals surface area contributed by atoms with Gasteiger partial charge in [-0.1, -0.05) is 23.7 Å². The van der Waals surface area contributed by atoms with Gasteiger partial charge in [0.2, 0.25) is 0 Å². The molecule has 9 heteroatoms. The third-order valence-corrected chi connectivity index (χ3v) is 5.56. The maximum absolute atomic E-state index is 12.5. The summed E-state index contributed by atoms with van der Waals surface area (Å²) in [4.78, 5) is 21.2. The van der Waals surface area contributed by atoms with Crippen LogP contribution in [0.5, 0.6) is 0 Å². The molecule has 0 aliphatic carbocycles. The number of hydrogen-bond acceptors (Lipinski definition) is 7. The van der Waals surface area contributed by atoms with Crippen molar-refractivity contribution in [3.63, 3.8) is 0 Å². The van der Waals surface area contributed by atoms with Crippen LogP contribution in [0.15, 0.2) is 67.0 Å². The molecule has 5 aromatic rings. The van der Waals surface area contributed by atoms with Gasteiger partial charge in [0, 0.05) is 29.3 Å². The largest absolute Gasteiger partial charge is 0.348 e. The smallest absolute Gasteiger partial charge is 0.253 e. The van der Waals surface area contributed by atoms with Crippen molar-refractivity contribution in [2.75, 3.05) is 5.32 Å². The molecule has 0 bridgehead atoms. The van der Waals surface area contributed by atoms with Crippen LogP contribution in [0.4, 0.5) is 11.6 Å². The molecule has 3 aromatic heterocycles. The van der Waals surface area contributed by atoms with E-state index in [0.29, 0.717) is 28.8 Å². The summed E-state index contributed by atoms with van der Waals surface area (Å²) in [6, 6.07) is 16.8. The number of hydrogen-bond donors (Lipinski definition) is 2. The Labute approximate surface area is 186 Å². The maximum atomic E-state index is 12.5. The Kier molecular flexibility index (Phi) is 5.15. The summed E-state index contributed by atoms with van der Waals surface area (Å²) in [7, 11) is 0. The second-order valence-corrected chi connectivity index (χ2v) is 7.82. The Bertz CT molecular complexity index is 1400. The highest BCUT2D eigenvalue weighted by Crippen LogP contribution is 2.26. The number of pyridine rings is 2. The van der Waals surface area contributed by atoms with Gasteiger partial charge in [0.25, 0.3) is 5.91 Å². The average Bonchev–Trinajstić information content (AvgIpc) is 3.26. The molecule has 152 valence electrons. The van der Waals surface area contributed by atoms with E-state index < -0.39 is 0 Å². The van der Waals surface area contributed by atoms with Crippen molar-refractivity contribution < 1.29 is 4.79 Å². The first kappa shape index (κ1) is 19.3. The number of anilines is 2. The topological polar surface area (TPSA) is 92.7 Å². The van der Waals surface area contributed by atoms with Gasteiger partial charge in [-0.15, -0.1) is 0 Å². The molecule has 2 N–H and O–H groups in total. The summed E-state index contributed by atoms with van der Waals surface area (Å²) < 4.78 is 8.40. The monoisotopic (exact) mass is 446 g/mol. The van der Waals surface area contributed by atoms with Crippen LogP contribution in [-0.2, 0) is 6.54 Å². The number of amides is 1. The lowest BCUT2D eigenvalue weighted by Crippen LogP contribution is -2.22. The van der Waals surface area contributed by atoms with E-state index in [1.54, 1.807) is 18.3 Å². The van der Waals surface area contributed by atoms with E-state index in [0.717, 1.165) is 27.4 Å². The molecule has 0 saturated heterocycles. The molecule has 0 aliphatic rings. The lowest BCUT2D eigenvalue weighted by atomic mass is 10.1. The van der Waals surface area contributed by atoms with E-state index >= 15 is 0 Å². The fourth-order valence-electron chi connectivity index (χ4n) is 3.19. The van der Waals surface area contributed by atoms with Gasteiger partial charge in [-0.3, -0.25) is 4.79 Å². The summed E-state index contributed by atoms with van der Waals surface area (Å²) in [5.74, 6) is 1.03. The van der Waals surface area contributed by atoms with Crippen LogP contribution in [0, 0.1) is 0 Å². The highest BCUT2D eigenvalue weighted by Gasteiger charge is 2.09. The summed E-state index contributed by atoms with van der Waals surface area (Å²) in [5, 5.41) is 8.63. The van der Waals surface area contributed by atoms with Gasteiger partial charge >= 0.3 is 0 Å². The van der Waals surface area contributed by atoms with Crippen LogP contribution in [0.1, 0.15) is 15.9 Å². The van der Waals surface area contributed by atoms with Crippen LogP contribution < -0.4 is 10.6 Å². The zero-order valence-corrected chi connectivity index (χ0v) is 17.6. The Morgan fingerprint density at radius 3 is 2.74 bits per heavy atom. The van der Waals surface area contributed by atoms with E-state index in [-0.39, 0.29) is 5.91 Å². The molecule has 0 spiro atoms. The van der Waals surface area contributed by atoms with E-state index in [2.05, 4.69) is 29.3 Å². The zero-order valence-electron chi connectivity index (χ0n) is 16.0. The van der Waals surface area contributed by atoms with Gasteiger partial charge in [-0.2, -0.15) is 8.75 Å². The van der Waals surface area contributed by atoms with Crippen LogP contribution >= 0.6 is 23.3 Å². The van der Waals surface area contributed by atoms with Gasteiger partial charge in [0.15, 0.2) is 0 Å². The van der Waals surface area contributed by atoms with Crippen molar-refractivity contribution in [2.45, 2.75) is 6.54 Å². The van der Waals surface area contributed by atoms with Gasteiger partial charge in [0.1, 0.15) is 22.7 Å². The molecule has 2 aromatic carbocycles. The van der Waals surface area contributed by atoms with Gasteiger partial charge in [-0.25, -0.2) is 9.97 Å². The second kappa shape index (κ2) is 8.25. The minimum absolute atomic E-state index is 0.203. The molecule has 0 unspecified atom stereocenters. The molecule has 1 amide bonds. The van der Waals surface area contributed by atoms with Crippen molar-refractivity contribution in [3.8, 4) is 0 Å². The fourth-order valence-corrected chi connectivity index (χ4v) is 3.88. The minimum atomic E-state index is -0.203. The quantitative estimate of drug-likeness (QED) is 0.396. The first-order valence-electron chi connectivity index (χ1n) is 9.42. The lowest BCUT2D eigenvalue weighted by molar-refractivity contribution is 0.0950. The van der Waals surface area contributed by atoms with E-state index in [9.17, 15) is 4.79 Å². The Morgan fingerprint density at radius 1 is 0.968 bits per heavy atom. The maximum Gasteiger partial charge on any atom is 0.253 e.